The van der Waals surface area contributed by atoms with Gasteiger partial charge in [-0.3, -0.25) is 0 Å². The third-order valence-electron chi connectivity index (χ3n) is 8.90. The van der Waals surface area contributed by atoms with E-state index in [1.165, 1.54) is 12.8 Å². The number of rotatable bonds is 13. The summed E-state index contributed by atoms with van der Waals surface area (Å²) < 4.78 is 5.55. The Kier molecular flexibility index (Phi) is 11.5. The van der Waals surface area contributed by atoms with Gasteiger partial charge in [-0.15, -0.1) is 0 Å². The second-order valence-corrected chi connectivity index (χ2v) is 12.5. The van der Waals surface area contributed by atoms with Gasteiger partial charge in [0.1, 0.15) is 0 Å². The summed E-state index contributed by atoms with van der Waals surface area (Å²) in [6.45, 7) is 8.76. The first-order valence-corrected chi connectivity index (χ1v) is 13.6. The molecule has 2 aliphatic rings. The van der Waals surface area contributed by atoms with Gasteiger partial charge in [-0.25, -0.2) is 0 Å². The van der Waals surface area contributed by atoms with Gasteiger partial charge in [0.15, 0.2) is 0 Å². The molecule has 0 aromatic carbocycles. The largest absolute Gasteiger partial charge is 0.396 e. The minimum Gasteiger partial charge on any atom is -0.396 e. The van der Waals surface area contributed by atoms with Gasteiger partial charge in [0.2, 0.25) is 0 Å². The predicted octanol–water partition coefficient (Wildman–Crippen LogP) is 6.11. The average molecular weight is 455 g/mol. The van der Waals surface area contributed by atoms with Crippen LogP contribution in [0.25, 0.3) is 0 Å². The van der Waals surface area contributed by atoms with Crippen molar-refractivity contribution in [2.75, 3.05) is 13.7 Å². The maximum atomic E-state index is 11.1. The van der Waals surface area contributed by atoms with E-state index in [0.717, 1.165) is 77.0 Å². The SMILES string of the molecule is COC(C)(C)CCCC1CCCC(CCC2CCCC(CCCC(C)(C)CO)C2O)C1O. The summed E-state index contributed by atoms with van der Waals surface area (Å²) in [5.41, 5.74) is -0.0769. The van der Waals surface area contributed by atoms with E-state index < -0.39 is 0 Å². The molecule has 3 N–H and O–H groups in total. The van der Waals surface area contributed by atoms with Gasteiger partial charge in [-0.2, -0.15) is 0 Å². The summed E-state index contributed by atoms with van der Waals surface area (Å²) in [5.74, 6) is 1.65. The van der Waals surface area contributed by atoms with Crippen LogP contribution in [0, 0.1) is 29.1 Å². The van der Waals surface area contributed by atoms with E-state index in [4.69, 9.17) is 4.74 Å². The van der Waals surface area contributed by atoms with Crippen molar-refractivity contribution in [2.24, 2.45) is 29.1 Å². The van der Waals surface area contributed by atoms with Crippen molar-refractivity contribution >= 4 is 0 Å². The molecule has 0 aromatic heterocycles. The number of ether oxygens (including phenoxy) is 1. The molecule has 0 aliphatic heterocycles. The molecule has 2 fully saturated rings. The highest BCUT2D eigenvalue weighted by molar-refractivity contribution is 4.86. The van der Waals surface area contributed by atoms with Gasteiger partial charge < -0.3 is 20.1 Å². The lowest BCUT2D eigenvalue weighted by atomic mass is 9.70. The second kappa shape index (κ2) is 13.1. The molecule has 4 nitrogen and oxygen atoms in total. The van der Waals surface area contributed by atoms with Crippen molar-refractivity contribution in [2.45, 2.75) is 135 Å². The van der Waals surface area contributed by atoms with Crippen LogP contribution in [0.2, 0.25) is 0 Å². The number of aliphatic hydroxyl groups excluding tert-OH is 3. The Morgan fingerprint density at radius 1 is 0.688 bits per heavy atom. The van der Waals surface area contributed by atoms with Crippen LogP contribution in [0.15, 0.2) is 0 Å². The van der Waals surface area contributed by atoms with Crippen LogP contribution in [-0.4, -0.2) is 46.8 Å². The fraction of sp³-hybridized carbons (Fsp3) is 1.00. The van der Waals surface area contributed by atoms with Gasteiger partial charge in [0.25, 0.3) is 0 Å². The van der Waals surface area contributed by atoms with E-state index in [0.29, 0.717) is 23.7 Å². The van der Waals surface area contributed by atoms with Crippen LogP contribution >= 0.6 is 0 Å². The van der Waals surface area contributed by atoms with Gasteiger partial charge in [-0.05, 0) is 107 Å². The molecule has 0 spiro atoms. The zero-order valence-electron chi connectivity index (χ0n) is 21.8. The highest BCUT2D eigenvalue weighted by Crippen LogP contribution is 2.40. The van der Waals surface area contributed by atoms with Crippen molar-refractivity contribution in [3.8, 4) is 0 Å². The highest BCUT2D eigenvalue weighted by atomic mass is 16.5. The molecule has 0 heterocycles. The van der Waals surface area contributed by atoms with Gasteiger partial charge in [0, 0.05) is 13.7 Å². The molecule has 2 saturated carbocycles. The standard InChI is InChI=1S/C28H54O4/c1-27(2,20-29)18-8-14-21-10-6-12-23(25(21)30)16-17-24-13-7-11-22(26(24)31)15-9-19-28(3,4)32-5/h21-26,29-31H,6-20H2,1-5H3. The lowest BCUT2D eigenvalue weighted by Gasteiger charge is -2.39. The molecule has 2 aliphatic carbocycles. The third-order valence-corrected chi connectivity index (χ3v) is 8.90. The van der Waals surface area contributed by atoms with E-state index in [9.17, 15) is 15.3 Å². The molecule has 0 radical (unpaired) electrons. The summed E-state index contributed by atoms with van der Waals surface area (Å²) in [5, 5.41) is 31.6. The summed E-state index contributed by atoms with van der Waals surface area (Å²) in [7, 11) is 1.78. The zero-order chi connectivity index (χ0) is 23.8. The topological polar surface area (TPSA) is 69.9 Å². The summed E-state index contributed by atoms with van der Waals surface area (Å²) in [6.07, 6.45) is 15.2. The smallest absolute Gasteiger partial charge is 0.0622 e. The van der Waals surface area contributed by atoms with Crippen molar-refractivity contribution in [3.05, 3.63) is 0 Å². The fourth-order valence-corrected chi connectivity index (χ4v) is 6.24. The maximum Gasteiger partial charge on any atom is 0.0622 e. The molecule has 0 bridgehead atoms. The lowest BCUT2D eigenvalue weighted by Crippen LogP contribution is -2.36. The summed E-state index contributed by atoms with van der Waals surface area (Å²) in [4.78, 5) is 0. The Labute approximate surface area is 198 Å². The van der Waals surface area contributed by atoms with Gasteiger partial charge in [0.05, 0.1) is 17.8 Å². The van der Waals surface area contributed by atoms with Crippen LogP contribution in [-0.2, 0) is 4.74 Å². The van der Waals surface area contributed by atoms with E-state index in [1.54, 1.807) is 7.11 Å². The first-order valence-electron chi connectivity index (χ1n) is 13.6. The Morgan fingerprint density at radius 2 is 1.09 bits per heavy atom. The van der Waals surface area contributed by atoms with Gasteiger partial charge >= 0.3 is 0 Å². The molecule has 190 valence electrons. The Balaban J connectivity index is 1.76. The van der Waals surface area contributed by atoms with Crippen LogP contribution in [0.4, 0.5) is 0 Å². The summed E-state index contributed by atoms with van der Waals surface area (Å²) >= 11 is 0. The Morgan fingerprint density at radius 3 is 1.50 bits per heavy atom. The summed E-state index contributed by atoms with van der Waals surface area (Å²) in [6, 6.07) is 0. The van der Waals surface area contributed by atoms with Gasteiger partial charge in [-0.1, -0.05) is 39.5 Å². The van der Waals surface area contributed by atoms with Crippen molar-refractivity contribution < 1.29 is 20.1 Å². The van der Waals surface area contributed by atoms with Crippen LogP contribution in [0.1, 0.15) is 118 Å². The van der Waals surface area contributed by atoms with E-state index in [2.05, 4.69) is 27.7 Å². The van der Waals surface area contributed by atoms with E-state index >= 15 is 0 Å². The molecule has 6 atom stereocenters. The zero-order valence-corrected chi connectivity index (χ0v) is 21.8. The van der Waals surface area contributed by atoms with Crippen molar-refractivity contribution in [1.29, 1.82) is 0 Å². The molecule has 0 amide bonds. The van der Waals surface area contributed by atoms with E-state index in [-0.39, 0.29) is 29.8 Å². The molecular formula is C28H54O4. The number of methoxy groups -OCH3 is 1. The molecule has 4 heteroatoms. The lowest BCUT2D eigenvalue weighted by molar-refractivity contribution is -0.0184. The number of hydrogen-bond acceptors (Lipinski definition) is 4. The normalized spacial score (nSPS) is 32.2. The first-order chi connectivity index (χ1) is 15.1. The highest BCUT2D eigenvalue weighted by Gasteiger charge is 2.35. The van der Waals surface area contributed by atoms with Crippen molar-refractivity contribution in [1.82, 2.24) is 0 Å². The monoisotopic (exact) mass is 454 g/mol. The molecule has 0 saturated heterocycles. The maximum absolute atomic E-state index is 11.1. The minimum absolute atomic E-state index is 0.00794. The van der Waals surface area contributed by atoms with Crippen molar-refractivity contribution in [3.63, 3.8) is 0 Å². The molecule has 6 unspecified atom stereocenters. The average Bonchev–Trinajstić information content (AvgIpc) is 2.76. The van der Waals surface area contributed by atoms with E-state index in [1.807, 2.05) is 0 Å². The minimum atomic E-state index is -0.186. The molecular weight excluding hydrogens is 400 g/mol. The molecule has 32 heavy (non-hydrogen) atoms. The number of hydrogen-bond donors (Lipinski definition) is 3. The van der Waals surface area contributed by atoms with Crippen LogP contribution in [0.3, 0.4) is 0 Å². The molecule has 2 rings (SSSR count). The molecule has 0 aromatic rings. The number of aliphatic hydroxyl groups is 3. The Bertz CT molecular complexity index is 472. The Hall–Kier alpha value is -0.160. The quantitative estimate of drug-likeness (QED) is 0.314. The second-order valence-electron chi connectivity index (χ2n) is 12.5. The van der Waals surface area contributed by atoms with Crippen LogP contribution in [0.5, 0.6) is 0 Å². The first kappa shape index (κ1) is 28.1. The predicted molar refractivity (Wildman–Crippen MR) is 133 cm³/mol. The van der Waals surface area contributed by atoms with Crippen LogP contribution < -0.4 is 0 Å². The third kappa shape index (κ3) is 8.89. The fourth-order valence-electron chi connectivity index (χ4n) is 6.24.